The van der Waals surface area contributed by atoms with Crippen LogP contribution in [0.4, 0.5) is 0 Å². The van der Waals surface area contributed by atoms with E-state index in [1.54, 1.807) is 19.1 Å². The van der Waals surface area contributed by atoms with Gasteiger partial charge in [-0.15, -0.1) is 0 Å². The van der Waals surface area contributed by atoms with Crippen LogP contribution in [-0.2, 0) is 19.0 Å². The van der Waals surface area contributed by atoms with E-state index in [4.69, 9.17) is 14.2 Å². The minimum absolute atomic E-state index is 0.314. The van der Waals surface area contributed by atoms with Gasteiger partial charge in [0.25, 0.3) is 0 Å². The summed E-state index contributed by atoms with van der Waals surface area (Å²) in [4.78, 5) is 11.8. The van der Waals surface area contributed by atoms with Gasteiger partial charge in [0.1, 0.15) is 10.6 Å². The largest absolute Gasteiger partial charge is 0.497 e. The van der Waals surface area contributed by atoms with Gasteiger partial charge in [0.15, 0.2) is 0 Å². The minimum atomic E-state index is -1.15. The molecule has 5 heteroatoms. The molecule has 1 aliphatic carbocycles. The van der Waals surface area contributed by atoms with Gasteiger partial charge in [-0.25, -0.2) is 4.79 Å². The van der Waals surface area contributed by atoms with Crippen molar-refractivity contribution >= 4 is 21.9 Å². The lowest BCUT2D eigenvalue weighted by Gasteiger charge is -2.35. The Kier molecular flexibility index (Phi) is 5.88. The van der Waals surface area contributed by atoms with Crippen LogP contribution in [-0.4, -0.2) is 36.2 Å². The van der Waals surface area contributed by atoms with E-state index >= 15 is 0 Å². The van der Waals surface area contributed by atoms with Crippen LogP contribution in [0.2, 0.25) is 0 Å². The van der Waals surface area contributed by atoms with Gasteiger partial charge >= 0.3 is 5.97 Å². The molecule has 0 unspecified atom stereocenters. The molecule has 1 rings (SSSR count). The maximum absolute atomic E-state index is 12.2. The molecular weight excluding hydrogens is 300 g/mol. The summed E-state index contributed by atoms with van der Waals surface area (Å²) in [5, 5.41) is 0. The van der Waals surface area contributed by atoms with Crippen molar-refractivity contribution in [1.82, 2.24) is 0 Å². The van der Waals surface area contributed by atoms with E-state index in [9.17, 15) is 4.79 Å². The molecule has 0 spiro atoms. The van der Waals surface area contributed by atoms with E-state index in [-0.39, 0.29) is 4.83 Å². The van der Waals surface area contributed by atoms with Crippen LogP contribution in [0.5, 0.6) is 0 Å². The smallest absolute Gasteiger partial charge is 0.344 e. The van der Waals surface area contributed by atoms with E-state index in [2.05, 4.69) is 15.9 Å². The lowest BCUT2D eigenvalue weighted by molar-refractivity contribution is -0.165. The molecule has 0 aromatic rings. The van der Waals surface area contributed by atoms with Crippen LogP contribution in [0.1, 0.15) is 20.8 Å². The van der Waals surface area contributed by atoms with Gasteiger partial charge in [-0.05, 0) is 32.9 Å². The standard InChI is InChI=1S/C13H19BrO4/c1-4-16-10-8-7-9-13(11(10)14,18-6-3)12(15)17-5-2/h7-9,11H,4-6H2,1-3H3/t11-,13+/m1/s1. The lowest BCUT2D eigenvalue weighted by atomic mass is 9.93. The van der Waals surface area contributed by atoms with Crippen LogP contribution < -0.4 is 0 Å². The first-order chi connectivity index (χ1) is 8.62. The monoisotopic (exact) mass is 318 g/mol. The zero-order valence-corrected chi connectivity index (χ0v) is 12.5. The number of rotatable bonds is 6. The number of carbonyl (C=O) groups is 1. The van der Waals surface area contributed by atoms with Crippen molar-refractivity contribution in [3.8, 4) is 0 Å². The van der Waals surface area contributed by atoms with E-state index in [1.165, 1.54) is 0 Å². The summed E-state index contributed by atoms with van der Waals surface area (Å²) in [5.41, 5.74) is -1.15. The van der Waals surface area contributed by atoms with Gasteiger partial charge in [0.05, 0.1) is 13.2 Å². The summed E-state index contributed by atoms with van der Waals surface area (Å²) >= 11 is 3.48. The summed E-state index contributed by atoms with van der Waals surface area (Å²) in [6, 6.07) is 0. The summed E-state index contributed by atoms with van der Waals surface area (Å²) in [6.45, 7) is 6.76. The van der Waals surface area contributed by atoms with Crippen LogP contribution in [0.25, 0.3) is 0 Å². The first-order valence-corrected chi connectivity index (χ1v) is 7.01. The fraction of sp³-hybridized carbons (Fsp3) is 0.615. The Morgan fingerprint density at radius 2 is 2.06 bits per heavy atom. The third-order valence-corrected chi connectivity index (χ3v) is 3.65. The summed E-state index contributed by atoms with van der Waals surface area (Å²) in [6.07, 6.45) is 5.28. The van der Waals surface area contributed by atoms with Crippen LogP contribution >= 0.6 is 15.9 Å². The molecule has 102 valence electrons. The molecule has 2 atom stereocenters. The zero-order valence-electron chi connectivity index (χ0n) is 10.9. The molecule has 4 nitrogen and oxygen atoms in total. The molecule has 18 heavy (non-hydrogen) atoms. The third-order valence-electron chi connectivity index (χ3n) is 2.52. The maximum atomic E-state index is 12.2. The molecule has 0 aliphatic heterocycles. The highest BCUT2D eigenvalue weighted by atomic mass is 79.9. The van der Waals surface area contributed by atoms with E-state index in [0.717, 1.165) is 0 Å². The Hall–Kier alpha value is -0.810. The van der Waals surface area contributed by atoms with E-state index in [1.807, 2.05) is 19.9 Å². The predicted octanol–water partition coefficient (Wildman–Crippen LogP) is 2.58. The summed E-state index contributed by atoms with van der Waals surface area (Å²) in [7, 11) is 0. The molecule has 1 aliphatic rings. The van der Waals surface area contributed by atoms with Crippen LogP contribution in [0.3, 0.4) is 0 Å². The fourth-order valence-corrected chi connectivity index (χ4v) is 2.55. The maximum Gasteiger partial charge on any atom is 0.344 e. The second-order valence-corrected chi connectivity index (χ2v) is 4.59. The number of carbonyl (C=O) groups excluding carboxylic acids is 1. The average molecular weight is 319 g/mol. The number of halogens is 1. The van der Waals surface area contributed by atoms with Crippen molar-refractivity contribution in [2.45, 2.75) is 31.2 Å². The van der Waals surface area contributed by atoms with Crippen molar-refractivity contribution < 1.29 is 19.0 Å². The zero-order chi connectivity index (χ0) is 13.6. The molecule has 0 saturated carbocycles. The van der Waals surface area contributed by atoms with Crippen molar-refractivity contribution in [3.05, 3.63) is 24.0 Å². The molecule has 0 amide bonds. The van der Waals surface area contributed by atoms with Crippen LogP contribution in [0, 0.1) is 0 Å². The van der Waals surface area contributed by atoms with Gasteiger partial charge < -0.3 is 14.2 Å². The Morgan fingerprint density at radius 3 is 2.61 bits per heavy atom. The fourth-order valence-electron chi connectivity index (χ4n) is 1.79. The summed E-state index contributed by atoms with van der Waals surface area (Å²) < 4.78 is 16.3. The quantitative estimate of drug-likeness (QED) is 0.558. The topological polar surface area (TPSA) is 44.8 Å². The number of alkyl halides is 1. The Balaban J connectivity index is 3.02. The molecule has 0 bridgehead atoms. The lowest BCUT2D eigenvalue weighted by Crippen LogP contribution is -2.50. The number of allylic oxidation sites excluding steroid dienone is 2. The predicted molar refractivity (Wildman–Crippen MR) is 72.6 cm³/mol. The highest BCUT2D eigenvalue weighted by Crippen LogP contribution is 2.35. The second kappa shape index (κ2) is 6.95. The molecular formula is C13H19BrO4. The van der Waals surface area contributed by atoms with Crippen molar-refractivity contribution in [2.75, 3.05) is 19.8 Å². The van der Waals surface area contributed by atoms with Gasteiger partial charge in [-0.3, -0.25) is 0 Å². The molecule has 0 aromatic heterocycles. The first-order valence-electron chi connectivity index (χ1n) is 6.09. The molecule has 0 heterocycles. The van der Waals surface area contributed by atoms with Crippen LogP contribution in [0.15, 0.2) is 24.0 Å². The molecule has 0 radical (unpaired) electrons. The molecule has 0 N–H and O–H groups in total. The van der Waals surface area contributed by atoms with Crippen molar-refractivity contribution in [2.24, 2.45) is 0 Å². The highest BCUT2D eigenvalue weighted by molar-refractivity contribution is 9.09. The number of hydrogen-bond donors (Lipinski definition) is 0. The van der Waals surface area contributed by atoms with Crippen molar-refractivity contribution in [1.29, 1.82) is 0 Å². The van der Waals surface area contributed by atoms with Crippen molar-refractivity contribution in [3.63, 3.8) is 0 Å². The Labute approximate surface area is 116 Å². The van der Waals surface area contributed by atoms with E-state index in [0.29, 0.717) is 25.6 Å². The van der Waals surface area contributed by atoms with Gasteiger partial charge in [-0.1, -0.05) is 22.0 Å². The number of ether oxygens (including phenoxy) is 3. The average Bonchev–Trinajstić information content (AvgIpc) is 2.35. The summed E-state index contributed by atoms with van der Waals surface area (Å²) in [5.74, 6) is 0.261. The Morgan fingerprint density at radius 1 is 1.33 bits per heavy atom. The minimum Gasteiger partial charge on any atom is -0.497 e. The van der Waals surface area contributed by atoms with Gasteiger partial charge in [0, 0.05) is 6.61 Å². The second-order valence-electron chi connectivity index (χ2n) is 3.67. The van der Waals surface area contributed by atoms with E-state index < -0.39 is 11.6 Å². The number of esters is 1. The van der Waals surface area contributed by atoms with Gasteiger partial charge in [-0.2, -0.15) is 0 Å². The molecule has 0 fully saturated rings. The molecule has 0 saturated heterocycles. The SMILES string of the molecule is CCOC(=O)[C@]1(OCC)C=CC=C(OCC)[C@H]1Br. The van der Waals surface area contributed by atoms with Gasteiger partial charge in [0.2, 0.25) is 5.60 Å². The molecule has 0 aromatic carbocycles. The number of hydrogen-bond acceptors (Lipinski definition) is 4. The normalized spacial score (nSPS) is 26.7. The Bertz CT molecular complexity index is 351. The highest BCUT2D eigenvalue weighted by Gasteiger charge is 2.48. The first kappa shape index (κ1) is 15.2. The third kappa shape index (κ3) is 2.95.